The summed E-state index contributed by atoms with van der Waals surface area (Å²) >= 11 is 0. The number of unbranched alkanes of at least 4 members (excludes halogenated alkanes) is 37. The molecule has 0 aromatic heterocycles. The molecular weight excluding hydrogens is 829 g/mol. The predicted molar refractivity (Wildman–Crippen MR) is 289 cm³/mol. The summed E-state index contributed by atoms with van der Waals surface area (Å²) in [6.45, 7) is 6.65. The first-order valence-electron chi connectivity index (χ1n) is 29.5. The maximum atomic E-state index is 12.8. The Labute approximate surface area is 416 Å². The highest BCUT2D eigenvalue weighted by Crippen LogP contribution is 2.17. The van der Waals surface area contributed by atoms with E-state index in [0.29, 0.717) is 19.3 Å². The van der Waals surface area contributed by atoms with E-state index in [1.165, 1.54) is 205 Å². The zero-order valence-electron chi connectivity index (χ0n) is 44.9. The lowest BCUT2D eigenvalue weighted by Gasteiger charge is -2.18. The van der Waals surface area contributed by atoms with Crippen LogP contribution in [0.3, 0.4) is 0 Å². The standard InChI is InChI=1S/C61H112O6/c1-4-7-10-13-16-19-22-24-25-26-27-28-29-30-31-32-33-34-35-37-39-42-45-48-51-54-60(63)66-57-58(56-65-59(62)53-50-47-44-41-38-21-18-15-12-9-6-3)67-61(64)55-52-49-46-43-40-36-23-20-17-14-11-8-5-2/h22,24,26-27,29-30,58H,4-21,23,25,28,31-57H2,1-3H3/b24-22-,27-26-,30-29-. The summed E-state index contributed by atoms with van der Waals surface area (Å²) in [5.41, 5.74) is 0. The van der Waals surface area contributed by atoms with Crippen molar-refractivity contribution in [2.45, 2.75) is 322 Å². The van der Waals surface area contributed by atoms with Crippen LogP contribution in [0.2, 0.25) is 0 Å². The van der Waals surface area contributed by atoms with Gasteiger partial charge in [0.05, 0.1) is 0 Å². The van der Waals surface area contributed by atoms with Crippen LogP contribution in [0.4, 0.5) is 0 Å². The molecule has 0 spiro atoms. The van der Waals surface area contributed by atoms with Gasteiger partial charge in [-0.2, -0.15) is 0 Å². The lowest BCUT2D eigenvalue weighted by Crippen LogP contribution is -2.30. The number of hydrogen-bond acceptors (Lipinski definition) is 6. The second-order valence-electron chi connectivity index (χ2n) is 19.9. The summed E-state index contributed by atoms with van der Waals surface area (Å²) in [7, 11) is 0. The molecule has 0 saturated carbocycles. The molecule has 0 radical (unpaired) electrons. The van der Waals surface area contributed by atoms with E-state index in [1.54, 1.807) is 0 Å². The van der Waals surface area contributed by atoms with Crippen molar-refractivity contribution in [1.82, 2.24) is 0 Å². The summed E-state index contributed by atoms with van der Waals surface area (Å²) in [6.07, 6.45) is 67.1. The molecule has 0 N–H and O–H groups in total. The van der Waals surface area contributed by atoms with Crippen LogP contribution in [-0.2, 0) is 28.6 Å². The molecule has 0 aromatic rings. The van der Waals surface area contributed by atoms with Gasteiger partial charge in [-0.1, -0.05) is 276 Å². The van der Waals surface area contributed by atoms with Crippen LogP contribution in [0.25, 0.3) is 0 Å². The quantitative estimate of drug-likeness (QED) is 0.0262. The molecule has 0 bridgehead atoms. The Hall–Kier alpha value is -2.37. The zero-order valence-corrected chi connectivity index (χ0v) is 44.9. The number of hydrogen-bond donors (Lipinski definition) is 0. The fraction of sp³-hybridized carbons (Fsp3) is 0.852. The van der Waals surface area contributed by atoms with Gasteiger partial charge < -0.3 is 14.2 Å². The van der Waals surface area contributed by atoms with Crippen LogP contribution < -0.4 is 0 Å². The third-order valence-electron chi connectivity index (χ3n) is 13.1. The Bertz CT molecular complexity index is 1130. The first-order valence-corrected chi connectivity index (χ1v) is 29.5. The molecule has 0 aliphatic carbocycles. The fourth-order valence-electron chi connectivity index (χ4n) is 8.69. The van der Waals surface area contributed by atoms with Gasteiger partial charge in [-0.3, -0.25) is 14.4 Å². The van der Waals surface area contributed by atoms with Gasteiger partial charge in [0.25, 0.3) is 0 Å². The van der Waals surface area contributed by atoms with Crippen molar-refractivity contribution in [1.29, 1.82) is 0 Å². The maximum Gasteiger partial charge on any atom is 0.306 e. The van der Waals surface area contributed by atoms with Crippen molar-refractivity contribution >= 4 is 17.9 Å². The van der Waals surface area contributed by atoms with Crippen LogP contribution in [0, 0.1) is 0 Å². The predicted octanol–water partition coefficient (Wildman–Crippen LogP) is 19.7. The van der Waals surface area contributed by atoms with E-state index in [9.17, 15) is 14.4 Å². The Morgan fingerprint density at radius 2 is 0.537 bits per heavy atom. The monoisotopic (exact) mass is 941 g/mol. The molecule has 0 aromatic carbocycles. The van der Waals surface area contributed by atoms with Gasteiger partial charge in [0, 0.05) is 19.3 Å². The molecule has 0 amide bonds. The van der Waals surface area contributed by atoms with E-state index >= 15 is 0 Å². The van der Waals surface area contributed by atoms with Gasteiger partial charge in [-0.15, -0.1) is 0 Å². The zero-order chi connectivity index (χ0) is 48.6. The minimum atomic E-state index is -0.768. The van der Waals surface area contributed by atoms with E-state index in [1.807, 2.05) is 0 Å². The van der Waals surface area contributed by atoms with Gasteiger partial charge in [0.1, 0.15) is 13.2 Å². The van der Waals surface area contributed by atoms with Crippen LogP contribution in [-0.4, -0.2) is 37.2 Å². The van der Waals surface area contributed by atoms with Crippen LogP contribution in [0.5, 0.6) is 0 Å². The second-order valence-corrected chi connectivity index (χ2v) is 19.9. The van der Waals surface area contributed by atoms with Crippen molar-refractivity contribution in [3.05, 3.63) is 36.5 Å². The smallest absolute Gasteiger partial charge is 0.306 e. The molecule has 0 saturated heterocycles. The average Bonchev–Trinajstić information content (AvgIpc) is 3.33. The van der Waals surface area contributed by atoms with Gasteiger partial charge in [0.15, 0.2) is 6.10 Å². The summed E-state index contributed by atoms with van der Waals surface area (Å²) in [4.78, 5) is 38.1. The maximum absolute atomic E-state index is 12.8. The van der Waals surface area contributed by atoms with E-state index < -0.39 is 6.10 Å². The average molecular weight is 942 g/mol. The van der Waals surface area contributed by atoms with E-state index in [2.05, 4.69) is 57.2 Å². The van der Waals surface area contributed by atoms with Crippen molar-refractivity contribution in [3.63, 3.8) is 0 Å². The number of allylic oxidation sites excluding steroid dienone is 6. The highest BCUT2D eigenvalue weighted by atomic mass is 16.6. The topological polar surface area (TPSA) is 78.9 Å². The van der Waals surface area contributed by atoms with Crippen molar-refractivity contribution in [3.8, 4) is 0 Å². The number of esters is 3. The first kappa shape index (κ1) is 64.6. The molecule has 0 rings (SSSR count). The Morgan fingerprint density at radius 1 is 0.299 bits per heavy atom. The molecule has 1 unspecified atom stereocenters. The molecule has 0 aliphatic rings. The number of ether oxygens (including phenoxy) is 3. The molecule has 0 heterocycles. The first-order chi connectivity index (χ1) is 33.0. The van der Waals surface area contributed by atoms with Crippen LogP contribution in [0.1, 0.15) is 316 Å². The van der Waals surface area contributed by atoms with E-state index in [4.69, 9.17) is 14.2 Å². The summed E-state index contributed by atoms with van der Waals surface area (Å²) in [5, 5.41) is 0. The molecular formula is C61H112O6. The minimum absolute atomic E-state index is 0.0683. The largest absolute Gasteiger partial charge is 0.462 e. The van der Waals surface area contributed by atoms with Gasteiger partial charge in [-0.05, 0) is 57.8 Å². The molecule has 6 nitrogen and oxygen atoms in total. The lowest BCUT2D eigenvalue weighted by atomic mass is 10.0. The Morgan fingerprint density at radius 3 is 0.836 bits per heavy atom. The Kier molecular flexibility index (Phi) is 54.2. The molecule has 392 valence electrons. The second kappa shape index (κ2) is 56.2. The SMILES string of the molecule is CCCCCCC/C=C\C/C=C\C/C=C\CCCCCCCCCCCCC(=O)OCC(COC(=O)CCCCCCCCCCCCC)OC(=O)CCCCCCCCCCCCCCC. The highest BCUT2D eigenvalue weighted by molar-refractivity contribution is 5.71. The normalized spacial score (nSPS) is 12.2. The summed E-state index contributed by atoms with van der Waals surface area (Å²) < 4.78 is 16.9. The fourth-order valence-corrected chi connectivity index (χ4v) is 8.69. The van der Waals surface area contributed by atoms with Crippen molar-refractivity contribution < 1.29 is 28.6 Å². The van der Waals surface area contributed by atoms with Gasteiger partial charge in [-0.25, -0.2) is 0 Å². The molecule has 6 heteroatoms. The lowest BCUT2D eigenvalue weighted by molar-refractivity contribution is -0.167. The van der Waals surface area contributed by atoms with E-state index in [0.717, 1.165) is 70.6 Å². The van der Waals surface area contributed by atoms with Crippen molar-refractivity contribution in [2.75, 3.05) is 13.2 Å². The molecule has 0 aliphatic heterocycles. The number of carbonyl (C=O) groups excluding carboxylic acids is 3. The van der Waals surface area contributed by atoms with Crippen LogP contribution >= 0.6 is 0 Å². The molecule has 0 fully saturated rings. The highest BCUT2D eigenvalue weighted by Gasteiger charge is 2.19. The third-order valence-corrected chi connectivity index (χ3v) is 13.1. The third kappa shape index (κ3) is 54.4. The Balaban J connectivity index is 4.21. The molecule has 67 heavy (non-hydrogen) atoms. The number of carbonyl (C=O) groups is 3. The van der Waals surface area contributed by atoms with Gasteiger partial charge in [0.2, 0.25) is 0 Å². The van der Waals surface area contributed by atoms with Gasteiger partial charge >= 0.3 is 17.9 Å². The minimum Gasteiger partial charge on any atom is -0.462 e. The summed E-state index contributed by atoms with van der Waals surface area (Å²) in [5.74, 6) is -0.856. The van der Waals surface area contributed by atoms with Crippen molar-refractivity contribution in [2.24, 2.45) is 0 Å². The summed E-state index contributed by atoms with van der Waals surface area (Å²) in [6, 6.07) is 0. The molecule has 1 atom stereocenters. The van der Waals surface area contributed by atoms with E-state index in [-0.39, 0.29) is 31.1 Å². The number of rotatable bonds is 54. The van der Waals surface area contributed by atoms with Crippen LogP contribution in [0.15, 0.2) is 36.5 Å².